The van der Waals surface area contributed by atoms with Crippen molar-refractivity contribution in [2.24, 2.45) is 5.92 Å². The first-order chi connectivity index (χ1) is 9.39. The minimum atomic E-state index is -0.856. The van der Waals surface area contributed by atoms with Crippen LogP contribution in [-0.2, 0) is 0 Å². The van der Waals surface area contributed by atoms with Gasteiger partial charge < -0.3 is 16.2 Å². The van der Waals surface area contributed by atoms with Crippen LogP contribution in [0, 0.1) is 16.0 Å². The van der Waals surface area contributed by atoms with Gasteiger partial charge in [-0.05, 0) is 18.8 Å². The van der Waals surface area contributed by atoms with Crippen molar-refractivity contribution in [2.75, 3.05) is 17.6 Å². The van der Waals surface area contributed by atoms with Gasteiger partial charge in [-0.3, -0.25) is 10.1 Å². The first-order valence-corrected chi connectivity index (χ1v) is 6.63. The third kappa shape index (κ3) is 3.32. The van der Waals surface area contributed by atoms with Crippen molar-refractivity contribution >= 4 is 17.5 Å². The van der Waals surface area contributed by atoms with Gasteiger partial charge in [0.1, 0.15) is 6.20 Å². The second-order valence-electron chi connectivity index (χ2n) is 5.50. The van der Waals surface area contributed by atoms with Crippen molar-refractivity contribution < 1.29 is 10.0 Å². The number of nitrogen functional groups attached to an aromatic ring is 1. The molecule has 8 heteroatoms. The van der Waals surface area contributed by atoms with Gasteiger partial charge in [0.25, 0.3) is 0 Å². The van der Waals surface area contributed by atoms with Crippen LogP contribution >= 0.6 is 0 Å². The van der Waals surface area contributed by atoms with Gasteiger partial charge in [0.2, 0.25) is 11.8 Å². The lowest BCUT2D eigenvalue weighted by Gasteiger charge is -2.35. The van der Waals surface area contributed by atoms with E-state index in [1.165, 1.54) is 0 Å². The van der Waals surface area contributed by atoms with E-state index in [2.05, 4.69) is 22.2 Å². The molecule has 1 fully saturated rings. The molecule has 1 aliphatic carbocycles. The summed E-state index contributed by atoms with van der Waals surface area (Å²) in [5.74, 6) is 0.456. The number of nitrogens with zero attached hydrogens (tertiary/aromatic N) is 3. The lowest BCUT2D eigenvalue weighted by atomic mass is 9.79. The molecule has 2 atom stereocenters. The predicted molar refractivity (Wildman–Crippen MR) is 74.2 cm³/mol. The number of hydrogen-bond acceptors (Lipinski definition) is 7. The van der Waals surface area contributed by atoms with Gasteiger partial charge >= 0.3 is 5.69 Å². The third-order valence-electron chi connectivity index (χ3n) is 3.64. The van der Waals surface area contributed by atoms with Crippen LogP contribution < -0.4 is 11.1 Å². The van der Waals surface area contributed by atoms with E-state index in [0.29, 0.717) is 18.8 Å². The Bertz CT molecular complexity index is 510. The number of hydrogen-bond donors (Lipinski definition) is 3. The van der Waals surface area contributed by atoms with E-state index in [0.717, 1.165) is 19.0 Å². The molecule has 0 saturated heterocycles. The number of aliphatic hydroxyl groups is 1. The van der Waals surface area contributed by atoms with Crippen molar-refractivity contribution in [1.82, 2.24) is 9.97 Å². The molecular weight excluding hydrogens is 262 g/mol. The zero-order chi connectivity index (χ0) is 14.8. The highest BCUT2D eigenvalue weighted by molar-refractivity contribution is 5.56. The summed E-state index contributed by atoms with van der Waals surface area (Å²) in [5.41, 5.74) is 4.34. The van der Waals surface area contributed by atoms with Crippen LogP contribution in [0.2, 0.25) is 0 Å². The Hall–Kier alpha value is -1.96. The van der Waals surface area contributed by atoms with Gasteiger partial charge in [0, 0.05) is 6.54 Å². The Morgan fingerprint density at radius 3 is 3.10 bits per heavy atom. The lowest BCUT2D eigenvalue weighted by Crippen LogP contribution is -2.41. The van der Waals surface area contributed by atoms with Gasteiger partial charge in [-0.15, -0.1) is 0 Å². The highest BCUT2D eigenvalue weighted by atomic mass is 16.6. The number of nitrogens with two attached hydrogens (primary N) is 1. The van der Waals surface area contributed by atoms with Crippen molar-refractivity contribution in [2.45, 2.75) is 38.2 Å². The molecule has 0 aliphatic heterocycles. The van der Waals surface area contributed by atoms with Crippen LogP contribution in [0.4, 0.5) is 17.5 Å². The summed E-state index contributed by atoms with van der Waals surface area (Å²) >= 11 is 0. The molecule has 0 radical (unpaired) electrons. The van der Waals surface area contributed by atoms with Crippen molar-refractivity contribution in [3.05, 3.63) is 16.3 Å². The van der Waals surface area contributed by atoms with Crippen LogP contribution in [0.5, 0.6) is 0 Å². The number of rotatable bonds is 4. The number of nitro groups is 1. The van der Waals surface area contributed by atoms with Crippen molar-refractivity contribution in [3.8, 4) is 0 Å². The zero-order valence-corrected chi connectivity index (χ0v) is 11.4. The van der Waals surface area contributed by atoms with Gasteiger partial charge in [0.05, 0.1) is 10.5 Å². The van der Waals surface area contributed by atoms with Crippen LogP contribution in [0.25, 0.3) is 0 Å². The second-order valence-corrected chi connectivity index (χ2v) is 5.50. The molecule has 0 bridgehead atoms. The van der Waals surface area contributed by atoms with E-state index in [4.69, 9.17) is 5.73 Å². The molecule has 1 aliphatic rings. The molecule has 1 saturated carbocycles. The highest BCUT2D eigenvalue weighted by Crippen LogP contribution is 2.33. The van der Waals surface area contributed by atoms with Crippen LogP contribution in [0.15, 0.2) is 6.20 Å². The Balaban J connectivity index is 2.10. The van der Waals surface area contributed by atoms with E-state index in [9.17, 15) is 15.2 Å². The van der Waals surface area contributed by atoms with Crippen LogP contribution in [0.1, 0.15) is 32.6 Å². The molecule has 20 heavy (non-hydrogen) atoms. The molecular formula is C12H19N5O3. The number of aromatic nitrogens is 2. The van der Waals surface area contributed by atoms with E-state index < -0.39 is 10.5 Å². The standard InChI is InChI=1S/C12H19N5O3/c1-8-3-2-4-12(18,5-8)7-15-10-9(17(19)20)6-14-11(13)16-10/h6,8,18H,2-5,7H2,1H3,(H3,13,14,15,16). The first-order valence-electron chi connectivity index (χ1n) is 6.63. The summed E-state index contributed by atoms with van der Waals surface area (Å²) in [7, 11) is 0. The lowest BCUT2D eigenvalue weighted by molar-refractivity contribution is -0.384. The fraction of sp³-hybridized carbons (Fsp3) is 0.667. The SMILES string of the molecule is CC1CCCC(O)(CNc2nc(N)ncc2[N+](=O)[O-])C1. The van der Waals surface area contributed by atoms with E-state index >= 15 is 0 Å². The fourth-order valence-corrected chi connectivity index (χ4v) is 2.69. The average molecular weight is 281 g/mol. The quantitative estimate of drug-likeness (QED) is 0.561. The molecule has 1 heterocycles. The smallest absolute Gasteiger partial charge is 0.329 e. The maximum atomic E-state index is 10.9. The Morgan fingerprint density at radius 1 is 1.70 bits per heavy atom. The Morgan fingerprint density at radius 2 is 2.45 bits per heavy atom. The van der Waals surface area contributed by atoms with E-state index in [1.807, 2.05) is 0 Å². The van der Waals surface area contributed by atoms with Gasteiger partial charge in [-0.2, -0.15) is 4.98 Å². The molecule has 0 amide bonds. The largest absolute Gasteiger partial charge is 0.388 e. The molecule has 0 aromatic carbocycles. The van der Waals surface area contributed by atoms with Crippen LogP contribution in [-0.4, -0.2) is 32.1 Å². The minimum absolute atomic E-state index is 0.0397. The monoisotopic (exact) mass is 281 g/mol. The second kappa shape index (κ2) is 5.58. The minimum Gasteiger partial charge on any atom is -0.388 e. The van der Waals surface area contributed by atoms with Gasteiger partial charge in [-0.1, -0.05) is 19.8 Å². The third-order valence-corrected chi connectivity index (χ3v) is 3.64. The van der Waals surface area contributed by atoms with Crippen LogP contribution in [0.3, 0.4) is 0 Å². The molecule has 2 rings (SSSR count). The summed E-state index contributed by atoms with van der Waals surface area (Å²) in [6.07, 6.45) is 4.47. The maximum Gasteiger partial charge on any atom is 0.329 e. The van der Waals surface area contributed by atoms with E-state index in [-0.39, 0.29) is 24.0 Å². The Kier molecular flexibility index (Phi) is 4.03. The summed E-state index contributed by atoms with van der Waals surface area (Å²) in [5, 5.41) is 24.2. The zero-order valence-electron chi connectivity index (χ0n) is 11.4. The van der Waals surface area contributed by atoms with Crippen molar-refractivity contribution in [1.29, 1.82) is 0 Å². The molecule has 8 nitrogen and oxygen atoms in total. The normalized spacial score (nSPS) is 26.2. The summed E-state index contributed by atoms with van der Waals surface area (Å²) in [4.78, 5) is 17.8. The average Bonchev–Trinajstić information content (AvgIpc) is 2.36. The molecule has 0 spiro atoms. The fourth-order valence-electron chi connectivity index (χ4n) is 2.69. The summed E-state index contributed by atoms with van der Waals surface area (Å²) in [6.45, 7) is 2.31. The highest BCUT2D eigenvalue weighted by Gasteiger charge is 2.33. The van der Waals surface area contributed by atoms with E-state index in [1.54, 1.807) is 0 Å². The van der Waals surface area contributed by atoms with Crippen molar-refractivity contribution in [3.63, 3.8) is 0 Å². The number of nitrogens with one attached hydrogen (secondary N) is 1. The van der Waals surface area contributed by atoms with Gasteiger partial charge in [-0.25, -0.2) is 4.98 Å². The molecule has 4 N–H and O–H groups in total. The Labute approximate surface area is 116 Å². The topological polar surface area (TPSA) is 127 Å². The number of anilines is 2. The van der Waals surface area contributed by atoms with Gasteiger partial charge in [0.15, 0.2) is 0 Å². The summed E-state index contributed by atoms with van der Waals surface area (Å²) in [6, 6.07) is 0. The molecule has 110 valence electrons. The molecule has 1 aromatic rings. The predicted octanol–water partition coefficient (Wildman–Crippen LogP) is 1.32. The summed E-state index contributed by atoms with van der Waals surface area (Å²) < 4.78 is 0. The molecule has 1 aromatic heterocycles. The first kappa shape index (κ1) is 14.4. The maximum absolute atomic E-state index is 10.9. The molecule has 2 unspecified atom stereocenters.